The number of carbonyl (C=O) groups is 2. The summed E-state index contributed by atoms with van der Waals surface area (Å²) in [7, 11) is 0. The van der Waals surface area contributed by atoms with Crippen LogP contribution in [0.4, 0.5) is 5.82 Å². The van der Waals surface area contributed by atoms with E-state index in [4.69, 9.17) is 4.74 Å². The summed E-state index contributed by atoms with van der Waals surface area (Å²) in [6, 6.07) is 1.51. The fourth-order valence-corrected chi connectivity index (χ4v) is 2.11. The third-order valence-electron chi connectivity index (χ3n) is 3.00. The third-order valence-corrected chi connectivity index (χ3v) is 3.00. The van der Waals surface area contributed by atoms with E-state index in [2.05, 4.69) is 15.0 Å². The smallest absolute Gasteiger partial charge is 0.306 e. The maximum Gasteiger partial charge on any atom is 0.306 e. The summed E-state index contributed by atoms with van der Waals surface area (Å²) < 4.78 is 9.46. The van der Waals surface area contributed by atoms with Crippen LogP contribution in [-0.4, -0.2) is 23.6 Å². The van der Waals surface area contributed by atoms with Gasteiger partial charge in [-0.1, -0.05) is 18.0 Å². The molecule has 2 rings (SSSR count). The van der Waals surface area contributed by atoms with Crippen molar-refractivity contribution < 1.29 is 18.8 Å². The van der Waals surface area contributed by atoms with Crippen molar-refractivity contribution in [2.75, 3.05) is 11.9 Å². The molecule has 0 saturated heterocycles. The summed E-state index contributed by atoms with van der Waals surface area (Å²) in [5, 5.41) is 5.97. The molecule has 18 heavy (non-hydrogen) atoms. The molecule has 1 heterocycles. The van der Waals surface area contributed by atoms with Crippen LogP contribution in [0.15, 0.2) is 16.9 Å². The molecule has 1 aromatic heterocycles. The number of esters is 1. The zero-order valence-corrected chi connectivity index (χ0v) is 10.1. The van der Waals surface area contributed by atoms with Gasteiger partial charge in [0, 0.05) is 12.5 Å². The van der Waals surface area contributed by atoms with Gasteiger partial charge in [-0.2, -0.15) is 0 Å². The van der Waals surface area contributed by atoms with E-state index in [-0.39, 0.29) is 12.6 Å². The Morgan fingerprint density at radius 2 is 2.22 bits per heavy atom. The molecule has 6 heteroatoms. The van der Waals surface area contributed by atoms with E-state index in [1.54, 1.807) is 0 Å². The molecule has 1 aromatic rings. The van der Waals surface area contributed by atoms with Crippen LogP contribution in [0.25, 0.3) is 0 Å². The second-order valence-electron chi connectivity index (χ2n) is 4.45. The average Bonchev–Trinajstić information content (AvgIpc) is 2.99. The van der Waals surface area contributed by atoms with E-state index >= 15 is 0 Å². The lowest BCUT2D eigenvalue weighted by atomic mass is 10.1. The first-order valence-corrected chi connectivity index (χ1v) is 6.10. The number of aromatic nitrogens is 1. The molecule has 6 nitrogen and oxygen atoms in total. The Bertz CT molecular complexity index is 396. The van der Waals surface area contributed by atoms with Gasteiger partial charge in [0.2, 0.25) is 0 Å². The number of hydrogen-bond donors (Lipinski definition) is 1. The van der Waals surface area contributed by atoms with Gasteiger partial charge in [-0.05, 0) is 18.8 Å². The van der Waals surface area contributed by atoms with Crippen LogP contribution in [0.1, 0.15) is 32.1 Å². The summed E-state index contributed by atoms with van der Waals surface area (Å²) in [6.07, 6.45) is 6.30. The number of amides is 1. The summed E-state index contributed by atoms with van der Waals surface area (Å²) in [5.74, 6) is 0.0174. The van der Waals surface area contributed by atoms with Gasteiger partial charge in [0.1, 0.15) is 6.26 Å². The molecule has 1 aliphatic rings. The van der Waals surface area contributed by atoms with Crippen LogP contribution in [0.5, 0.6) is 0 Å². The van der Waals surface area contributed by atoms with Gasteiger partial charge >= 0.3 is 5.97 Å². The predicted molar refractivity (Wildman–Crippen MR) is 62.7 cm³/mol. The van der Waals surface area contributed by atoms with E-state index in [1.807, 2.05) is 0 Å². The molecule has 0 aromatic carbocycles. The van der Waals surface area contributed by atoms with E-state index in [0.717, 1.165) is 12.8 Å². The largest absolute Gasteiger partial charge is 0.456 e. The molecule has 0 bridgehead atoms. The molecule has 1 fully saturated rings. The van der Waals surface area contributed by atoms with Crippen molar-refractivity contribution in [3.05, 3.63) is 12.3 Å². The van der Waals surface area contributed by atoms with Gasteiger partial charge in [0.05, 0.1) is 0 Å². The van der Waals surface area contributed by atoms with Gasteiger partial charge in [0.15, 0.2) is 12.4 Å². The first kappa shape index (κ1) is 12.6. The highest BCUT2D eigenvalue weighted by atomic mass is 16.5. The number of nitrogens with zero attached hydrogens (tertiary/aromatic N) is 1. The molecular weight excluding hydrogens is 236 g/mol. The molecule has 1 N–H and O–H groups in total. The highest BCUT2D eigenvalue weighted by molar-refractivity contribution is 5.91. The van der Waals surface area contributed by atoms with E-state index in [9.17, 15) is 9.59 Å². The highest BCUT2D eigenvalue weighted by Crippen LogP contribution is 2.27. The maximum atomic E-state index is 11.5. The molecular formula is C12H16N2O4. The SMILES string of the molecule is O=C(COC(=O)CC1CCCC1)Nc1ccon1. The molecule has 1 amide bonds. The third kappa shape index (κ3) is 3.87. The first-order valence-electron chi connectivity index (χ1n) is 6.10. The first-order chi connectivity index (χ1) is 8.74. The van der Waals surface area contributed by atoms with E-state index in [0.29, 0.717) is 18.2 Å². The quantitative estimate of drug-likeness (QED) is 0.807. The van der Waals surface area contributed by atoms with Crippen LogP contribution in [0.3, 0.4) is 0 Å². The van der Waals surface area contributed by atoms with Crippen molar-refractivity contribution in [1.29, 1.82) is 0 Å². The topological polar surface area (TPSA) is 81.4 Å². The number of carbonyl (C=O) groups excluding carboxylic acids is 2. The van der Waals surface area contributed by atoms with Crippen molar-refractivity contribution in [2.24, 2.45) is 5.92 Å². The van der Waals surface area contributed by atoms with Crippen LogP contribution >= 0.6 is 0 Å². The van der Waals surface area contributed by atoms with Crippen LogP contribution in [-0.2, 0) is 14.3 Å². The molecule has 0 unspecified atom stereocenters. The Morgan fingerprint density at radius 1 is 1.44 bits per heavy atom. The van der Waals surface area contributed by atoms with Crippen molar-refractivity contribution in [2.45, 2.75) is 32.1 Å². The lowest BCUT2D eigenvalue weighted by Gasteiger charge is -2.08. The van der Waals surface area contributed by atoms with Crippen molar-refractivity contribution >= 4 is 17.7 Å². The zero-order valence-electron chi connectivity index (χ0n) is 10.1. The summed E-state index contributed by atoms with van der Waals surface area (Å²) in [6.45, 7) is -0.279. The molecule has 1 saturated carbocycles. The molecule has 0 atom stereocenters. The van der Waals surface area contributed by atoms with Crippen molar-refractivity contribution in [3.63, 3.8) is 0 Å². The standard InChI is InChI=1S/C12H16N2O4/c15-11(13-10-5-6-18-14-10)8-17-12(16)7-9-3-1-2-4-9/h5-6,9H,1-4,7-8H2,(H,13,14,15). The Morgan fingerprint density at radius 3 is 2.89 bits per heavy atom. The lowest BCUT2D eigenvalue weighted by Crippen LogP contribution is -2.21. The Kier molecular flexibility index (Phi) is 4.33. The van der Waals surface area contributed by atoms with Gasteiger partial charge in [-0.15, -0.1) is 0 Å². The minimum atomic E-state index is -0.413. The van der Waals surface area contributed by atoms with E-state index in [1.165, 1.54) is 25.2 Å². The summed E-state index contributed by atoms with van der Waals surface area (Å²) in [4.78, 5) is 22.9. The van der Waals surface area contributed by atoms with Crippen LogP contribution in [0, 0.1) is 5.92 Å². The number of rotatable bonds is 5. The van der Waals surface area contributed by atoms with Crippen molar-refractivity contribution in [3.8, 4) is 0 Å². The van der Waals surface area contributed by atoms with Crippen LogP contribution in [0.2, 0.25) is 0 Å². The van der Waals surface area contributed by atoms with Gasteiger partial charge < -0.3 is 14.6 Å². The number of hydrogen-bond acceptors (Lipinski definition) is 5. The fraction of sp³-hybridized carbons (Fsp3) is 0.583. The Hall–Kier alpha value is -1.85. The normalized spacial score (nSPS) is 15.6. The zero-order chi connectivity index (χ0) is 12.8. The van der Waals surface area contributed by atoms with Crippen molar-refractivity contribution in [1.82, 2.24) is 5.16 Å². The number of anilines is 1. The van der Waals surface area contributed by atoms with Crippen LogP contribution < -0.4 is 5.32 Å². The lowest BCUT2D eigenvalue weighted by molar-refractivity contribution is -0.148. The molecule has 98 valence electrons. The molecule has 0 spiro atoms. The van der Waals surface area contributed by atoms with Gasteiger partial charge in [-0.3, -0.25) is 9.59 Å². The summed E-state index contributed by atoms with van der Waals surface area (Å²) in [5.41, 5.74) is 0. The van der Waals surface area contributed by atoms with Gasteiger partial charge in [-0.25, -0.2) is 0 Å². The van der Waals surface area contributed by atoms with Gasteiger partial charge in [0.25, 0.3) is 5.91 Å². The minimum Gasteiger partial charge on any atom is -0.456 e. The number of ether oxygens (including phenoxy) is 1. The maximum absolute atomic E-state index is 11.5. The second kappa shape index (κ2) is 6.18. The molecule has 0 radical (unpaired) electrons. The molecule has 0 aliphatic heterocycles. The fourth-order valence-electron chi connectivity index (χ4n) is 2.11. The Balaban J connectivity index is 1.64. The molecule has 1 aliphatic carbocycles. The highest BCUT2D eigenvalue weighted by Gasteiger charge is 2.19. The van der Waals surface area contributed by atoms with E-state index < -0.39 is 5.91 Å². The minimum absolute atomic E-state index is 0.279. The summed E-state index contributed by atoms with van der Waals surface area (Å²) >= 11 is 0. The monoisotopic (exact) mass is 252 g/mol. The number of nitrogens with one attached hydrogen (secondary N) is 1. The Labute approximate surface area is 105 Å². The predicted octanol–water partition coefficient (Wildman–Crippen LogP) is 1.74. The average molecular weight is 252 g/mol. The second-order valence-corrected chi connectivity index (χ2v) is 4.45.